The molecule has 1 N–H and O–H groups in total. The predicted octanol–water partition coefficient (Wildman–Crippen LogP) is 3.94. The zero-order chi connectivity index (χ0) is 13.2. The zero-order valence-electron chi connectivity index (χ0n) is 11.7. The van der Waals surface area contributed by atoms with Crippen LogP contribution in [0.5, 0.6) is 0 Å². The van der Waals surface area contributed by atoms with Crippen molar-refractivity contribution >= 4 is 0 Å². The van der Waals surface area contributed by atoms with Gasteiger partial charge in [0.15, 0.2) is 0 Å². The first-order valence-corrected chi connectivity index (χ1v) is 7.04. The highest BCUT2D eigenvalue weighted by atomic mass is 19.1. The van der Waals surface area contributed by atoms with Crippen molar-refractivity contribution in [2.75, 3.05) is 6.54 Å². The molecule has 18 heavy (non-hydrogen) atoms. The van der Waals surface area contributed by atoms with Crippen LogP contribution in [0.3, 0.4) is 0 Å². The van der Waals surface area contributed by atoms with Crippen LogP contribution in [0.2, 0.25) is 0 Å². The first-order chi connectivity index (χ1) is 8.53. The van der Waals surface area contributed by atoms with E-state index < -0.39 is 0 Å². The minimum Gasteiger partial charge on any atom is -0.314 e. The molecule has 1 aliphatic carbocycles. The number of hydrogen-bond acceptors (Lipinski definition) is 1. The number of benzene rings is 1. The van der Waals surface area contributed by atoms with Gasteiger partial charge in [-0.2, -0.15) is 0 Å². The van der Waals surface area contributed by atoms with Crippen LogP contribution in [0.1, 0.15) is 50.7 Å². The van der Waals surface area contributed by atoms with E-state index in [1.807, 2.05) is 6.92 Å². The van der Waals surface area contributed by atoms with Crippen LogP contribution in [0.25, 0.3) is 0 Å². The Labute approximate surface area is 110 Å². The molecule has 1 saturated carbocycles. The van der Waals surface area contributed by atoms with Gasteiger partial charge in [-0.25, -0.2) is 4.39 Å². The van der Waals surface area contributed by atoms with Gasteiger partial charge in [0.2, 0.25) is 0 Å². The van der Waals surface area contributed by atoms with E-state index in [1.54, 1.807) is 12.1 Å². The summed E-state index contributed by atoms with van der Waals surface area (Å²) in [7, 11) is 0. The van der Waals surface area contributed by atoms with E-state index in [0.29, 0.717) is 6.04 Å². The molecule has 1 nitrogen and oxygen atoms in total. The molecular weight excluding hydrogens is 225 g/mol. The van der Waals surface area contributed by atoms with Crippen LogP contribution in [0.4, 0.5) is 4.39 Å². The molecule has 2 heteroatoms. The maximum atomic E-state index is 13.5. The third kappa shape index (κ3) is 2.92. The molecule has 1 aromatic carbocycles. The second kappa shape index (κ2) is 5.40. The zero-order valence-corrected chi connectivity index (χ0v) is 11.7. The Balaban J connectivity index is 2.12. The van der Waals surface area contributed by atoms with Gasteiger partial charge in [0, 0.05) is 6.04 Å². The Morgan fingerprint density at radius 2 is 2.17 bits per heavy atom. The molecular formula is C16H24FN. The lowest BCUT2D eigenvalue weighted by atomic mass is 9.80. The van der Waals surface area contributed by atoms with E-state index in [4.69, 9.17) is 0 Å². The van der Waals surface area contributed by atoms with Gasteiger partial charge < -0.3 is 5.32 Å². The van der Waals surface area contributed by atoms with Gasteiger partial charge in [0.05, 0.1) is 0 Å². The molecule has 100 valence electrons. The standard InChI is InChI=1S/C16H24FN/c1-4-7-18-15-5-6-16(3,11-15)13-8-12(2)9-14(17)10-13/h8-10,15,18H,4-7,11H2,1-3H3. The van der Waals surface area contributed by atoms with Crippen molar-refractivity contribution in [2.24, 2.45) is 0 Å². The number of hydrogen-bond donors (Lipinski definition) is 1. The minimum absolute atomic E-state index is 0.101. The molecule has 0 amide bonds. The lowest BCUT2D eigenvalue weighted by Gasteiger charge is -2.25. The maximum absolute atomic E-state index is 13.5. The summed E-state index contributed by atoms with van der Waals surface area (Å²) in [6.45, 7) is 7.52. The number of nitrogens with one attached hydrogen (secondary N) is 1. The number of rotatable bonds is 4. The van der Waals surface area contributed by atoms with E-state index in [0.717, 1.165) is 24.9 Å². The molecule has 1 aliphatic rings. The lowest BCUT2D eigenvalue weighted by molar-refractivity contribution is 0.450. The third-order valence-corrected chi connectivity index (χ3v) is 4.16. The largest absolute Gasteiger partial charge is 0.314 e. The van der Waals surface area contributed by atoms with Gasteiger partial charge in [0.25, 0.3) is 0 Å². The average Bonchev–Trinajstić information content (AvgIpc) is 2.69. The van der Waals surface area contributed by atoms with Crippen LogP contribution >= 0.6 is 0 Å². The van der Waals surface area contributed by atoms with Gasteiger partial charge in [0.1, 0.15) is 5.82 Å². The fourth-order valence-electron chi connectivity index (χ4n) is 3.11. The number of aryl methyl sites for hydroxylation is 1. The predicted molar refractivity (Wildman–Crippen MR) is 74.4 cm³/mol. The highest BCUT2D eigenvalue weighted by molar-refractivity contribution is 5.31. The van der Waals surface area contributed by atoms with Gasteiger partial charge in [-0.3, -0.25) is 0 Å². The summed E-state index contributed by atoms with van der Waals surface area (Å²) in [5.41, 5.74) is 2.33. The Kier molecular flexibility index (Phi) is 4.06. The summed E-state index contributed by atoms with van der Waals surface area (Å²) in [5.74, 6) is -0.101. The average molecular weight is 249 g/mol. The van der Waals surface area contributed by atoms with Crippen LogP contribution in [-0.4, -0.2) is 12.6 Å². The van der Waals surface area contributed by atoms with E-state index in [1.165, 1.54) is 18.4 Å². The Morgan fingerprint density at radius 3 is 2.83 bits per heavy atom. The Hall–Kier alpha value is -0.890. The maximum Gasteiger partial charge on any atom is 0.123 e. The molecule has 1 fully saturated rings. The first kappa shape index (κ1) is 13.5. The second-order valence-corrected chi connectivity index (χ2v) is 5.97. The fraction of sp³-hybridized carbons (Fsp3) is 0.625. The summed E-state index contributed by atoms with van der Waals surface area (Å²) in [4.78, 5) is 0. The van der Waals surface area contributed by atoms with Gasteiger partial charge in [-0.05, 0) is 67.8 Å². The minimum atomic E-state index is -0.101. The molecule has 0 radical (unpaired) electrons. The fourth-order valence-corrected chi connectivity index (χ4v) is 3.11. The lowest BCUT2D eigenvalue weighted by Crippen LogP contribution is -2.29. The summed E-state index contributed by atoms with van der Waals surface area (Å²) in [6.07, 6.45) is 4.64. The molecule has 1 aromatic rings. The van der Waals surface area contributed by atoms with Crippen molar-refractivity contribution in [1.29, 1.82) is 0 Å². The first-order valence-electron chi connectivity index (χ1n) is 7.04. The third-order valence-electron chi connectivity index (χ3n) is 4.16. The van der Waals surface area contributed by atoms with E-state index in [9.17, 15) is 4.39 Å². The SMILES string of the molecule is CCCNC1CCC(C)(c2cc(C)cc(F)c2)C1. The molecule has 0 spiro atoms. The van der Waals surface area contributed by atoms with Crippen molar-refractivity contribution in [1.82, 2.24) is 5.32 Å². The summed E-state index contributed by atoms with van der Waals surface area (Å²) in [5, 5.41) is 3.59. The smallest absolute Gasteiger partial charge is 0.123 e. The Morgan fingerprint density at radius 1 is 1.39 bits per heavy atom. The van der Waals surface area contributed by atoms with Crippen molar-refractivity contribution < 1.29 is 4.39 Å². The monoisotopic (exact) mass is 249 g/mol. The van der Waals surface area contributed by atoms with Crippen LogP contribution in [0, 0.1) is 12.7 Å². The summed E-state index contributed by atoms with van der Waals surface area (Å²) in [6, 6.07) is 6.06. The molecule has 2 unspecified atom stereocenters. The Bertz CT molecular complexity index is 395. The van der Waals surface area contributed by atoms with Gasteiger partial charge in [-0.1, -0.05) is 19.9 Å². The summed E-state index contributed by atoms with van der Waals surface area (Å²) >= 11 is 0. The highest BCUT2D eigenvalue weighted by Gasteiger charge is 2.36. The van der Waals surface area contributed by atoms with Crippen LogP contribution in [0.15, 0.2) is 18.2 Å². The van der Waals surface area contributed by atoms with Gasteiger partial charge >= 0.3 is 0 Å². The molecule has 2 rings (SSSR count). The highest BCUT2D eigenvalue weighted by Crippen LogP contribution is 2.41. The van der Waals surface area contributed by atoms with Gasteiger partial charge in [-0.15, -0.1) is 0 Å². The second-order valence-electron chi connectivity index (χ2n) is 5.97. The van der Waals surface area contributed by atoms with Crippen molar-refractivity contribution in [2.45, 2.75) is 57.9 Å². The van der Waals surface area contributed by atoms with E-state index >= 15 is 0 Å². The molecule has 0 heterocycles. The molecule has 0 aromatic heterocycles. The quantitative estimate of drug-likeness (QED) is 0.852. The van der Waals surface area contributed by atoms with Crippen LogP contribution < -0.4 is 5.32 Å². The molecule has 2 atom stereocenters. The normalized spacial score (nSPS) is 27.7. The molecule has 0 saturated heterocycles. The van der Waals surface area contributed by atoms with E-state index in [-0.39, 0.29) is 11.2 Å². The topological polar surface area (TPSA) is 12.0 Å². The molecule has 0 bridgehead atoms. The molecule has 0 aliphatic heterocycles. The summed E-state index contributed by atoms with van der Waals surface area (Å²) < 4.78 is 13.5. The van der Waals surface area contributed by atoms with Crippen molar-refractivity contribution in [3.8, 4) is 0 Å². The van der Waals surface area contributed by atoms with E-state index in [2.05, 4.69) is 25.2 Å². The van der Waals surface area contributed by atoms with Crippen LogP contribution in [-0.2, 0) is 5.41 Å². The van der Waals surface area contributed by atoms with Crippen molar-refractivity contribution in [3.05, 3.63) is 35.1 Å². The van der Waals surface area contributed by atoms with Crippen molar-refractivity contribution in [3.63, 3.8) is 0 Å². The number of halogens is 1.